The highest BCUT2D eigenvalue weighted by Gasteiger charge is 2.24. The molecule has 28 heavy (non-hydrogen) atoms. The average molecular weight is 422 g/mol. The van der Waals surface area contributed by atoms with E-state index in [1.54, 1.807) is 0 Å². The van der Waals surface area contributed by atoms with E-state index in [2.05, 4.69) is 27.7 Å². The summed E-state index contributed by atoms with van der Waals surface area (Å²) >= 11 is 0. The zero-order chi connectivity index (χ0) is 21.3. The molecule has 0 heterocycles. The highest BCUT2D eigenvalue weighted by Crippen LogP contribution is 2.44. The first-order valence-corrected chi connectivity index (χ1v) is 13.2. The fraction of sp³-hybridized carbons (Fsp3) is 1.00. The number of phosphoric ester groups is 1. The van der Waals surface area contributed by atoms with Crippen molar-refractivity contribution >= 4 is 7.82 Å². The van der Waals surface area contributed by atoms with Gasteiger partial charge in [0.25, 0.3) is 0 Å². The van der Waals surface area contributed by atoms with Gasteiger partial charge in [0, 0.05) is 6.04 Å². The minimum Gasteiger partial charge on any atom is -0.328 e. The second kappa shape index (κ2) is 17.9. The number of hydrogen-bond acceptors (Lipinski definition) is 4. The normalized spacial score (nSPS) is 19.4. The average Bonchev–Trinajstić information content (AvgIpc) is 2.69. The van der Waals surface area contributed by atoms with Crippen LogP contribution in [0.2, 0.25) is 0 Å². The van der Waals surface area contributed by atoms with Gasteiger partial charge < -0.3 is 10.6 Å². The van der Waals surface area contributed by atoms with Crippen LogP contribution in [0.15, 0.2) is 0 Å². The van der Waals surface area contributed by atoms with Crippen LogP contribution in [-0.4, -0.2) is 24.1 Å². The Bertz CT molecular complexity index is 365. The minimum atomic E-state index is -3.89. The van der Waals surface area contributed by atoms with Crippen molar-refractivity contribution in [2.24, 2.45) is 17.6 Å². The standard InChI is InChI=1S/C16H35O4P.C6H13N/c1-5-9-11-15(7-3)13-19-21(17,18)20-14-16(8-4)12-10-6-2;7-6-4-2-1-3-5-6/h15-16H,5-14H2,1-4H3,(H,17,18);6H,1-5,7H2. The molecule has 6 heteroatoms. The van der Waals surface area contributed by atoms with E-state index in [0.717, 1.165) is 51.4 Å². The van der Waals surface area contributed by atoms with Gasteiger partial charge in [-0.1, -0.05) is 85.5 Å². The lowest BCUT2D eigenvalue weighted by Crippen LogP contribution is -2.22. The van der Waals surface area contributed by atoms with Crippen LogP contribution < -0.4 is 5.73 Å². The Morgan fingerprint density at radius 1 is 0.893 bits per heavy atom. The molecule has 1 aliphatic rings. The van der Waals surface area contributed by atoms with E-state index in [4.69, 9.17) is 14.8 Å². The Labute approximate surface area is 174 Å². The molecule has 0 amide bonds. The SMILES string of the molecule is CCCCC(CC)COP(=O)(O)OCC(CC)CCCC.NC1CCCCC1. The minimum absolute atomic E-state index is 0.316. The van der Waals surface area contributed by atoms with Crippen molar-refractivity contribution in [2.75, 3.05) is 13.2 Å². The summed E-state index contributed by atoms with van der Waals surface area (Å²) in [6.45, 7) is 9.10. The first-order valence-electron chi connectivity index (χ1n) is 11.8. The topological polar surface area (TPSA) is 81.8 Å². The van der Waals surface area contributed by atoms with Crippen LogP contribution in [0.5, 0.6) is 0 Å². The number of unbranched alkanes of at least 4 members (excludes halogenated alkanes) is 2. The van der Waals surface area contributed by atoms with Gasteiger partial charge in [-0.3, -0.25) is 9.05 Å². The molecule has 0 spiro atoms. The van der Waals surface area contributed by atoms with Crippen molar-refractivity contribution < 1.29 is 18.5 Å². The number of rotatable bonds is 14. The van der Waals surface area contributed by atoms with E-state index in [1.165, 1.54) is 32.1 Å². The molecule has 0 aromatic carbocycles. The summed E-state index contributed by atoms with van der Waals surface area (Å²) in [7, 11) is -3.89. The molecule has 0 aromatic rings. The molecule has 1 saturated carbocycles. The van der Waals surface area contributed by atoms with Gasteiger partial charge in [0.2, 0.25) is 0 Å². The van der Waals surface area contributed by atoms with E-state index in [1.807, 2.05) is 0 Å². The lowest BCUT2D eigenvalue weighted by molar-refractivity contribution is 0.110. The predicted molar refractivity (Wildman–Crippen MR) is 119 cm³/mol. The van der Waals surface area contributed by atoms with E-state index in [9.17, 15) is 9.46 Å². The molecule has 1 fully saturated rings. The number of hydrogen-bond donors (Lipinski definition) is 2. The first kappa shape index (κ1) is 28.1. The van der Waals surface area contributed by atoms with Gasteiger partial charge in [-0.25, -0.2) is 4.57 Å². The summed E-state index contributed by atoms with van der Waals surface area (Å²) < 4.78 is 22.2. The quantitative estimate of drug-likeness (QED) is 0.300. The molecule has 0 aromatic heterocycles. The van der Waals surface area contributed by atoms with Crippen LogP contribution >= 0.6 is 7.82 Å². The Kier molecular flexibility index (Phi) is 17.9. The molecule has 0 bridgehead atoms. The van der Waals surface area contributed by atoms with E-state index in [-0.39, 0.29) is 0 Å². The van der Waals surface area contributed by atoms with Crippen LogP contribution in [-0.2, 0) is 13.6 Å². The highest BCUT2D eigenvalue weighted by atomic mass is 31.2. The van der Waals surface area contributed by atoms with E-state index >= 15 is 0 Å². The molecule has 2 atom stereocenters. The van der Waals surface area contributed by atoms with Crippen molar-refractivity contribution in [3.8, 4) is 0 Å². The summed E-state index contributed by atoms with van der Waals surface area (Å²) in [5.74, 6) is 0.687. The Hall–Kier alpha value is 0.0700. The molecule has 5 nitrogen and oxygen atoms in total. The molecule has 1 rings (SSSR count). The van der Waals surface area contributed by atoms with E-state index in [0.29, 0.717) is 31.1 Å². The van der Waals surface area contributed by atoms with Crippen molar-refractivity contribution in [3.63, 3.8) is 0 Å². The van der Waals surface area contributed by atoms with Crippen molar-refractivity contribution in [2.45, 2.75) is 117 Å². The molecule has 3 N–H and O–H groups in total. The van der Waals surface area contributed by atoms with Crippen LogP contribution in [0.3, 0.4) is 0 Å². The Morgan fingerprint density at radius 3 is 1.61 bits per heavy atom. The lowest BCUT2D eigenvalue weighted by Gasteiger charge is -2.20. The molecule has 170 valence electrons. The third-order valence-corrected chi connectivity index (χ3v) is 6.63. The fourth-order valence-corrected chi connectivity index (χ4v) is 4.24. The zero-order valence-electron chi connectivity index (χ0n) is 19.0. The van der Waals surface area contributed by atoms with Gasteiger partial charge in [0.05, 0.1) is 13.2 Å². The van der Waals surface area contributed by atoms with Crippen molar-refractivity contribution in [1.29, 1.82) is 0 Å². The lowest BCUT2D eigenvalue weighted by atomic mass is 9.97. The van der Waals surface area contributed by atoms with Gasteiger partial charge in [-0.2, -0.15) is 0 Å². The van der Waals surface area contributed by atoms with Crippen molar-refractivity contribution in [3.05, 3.63) is 0 Å². The maximum Gasteiger partial charge on any atom is 0.472 e. The third-order valence-electron chi connectivity index (χ3n) is 5.68. The number of phosphoric acid groups is 1. The van der Waals surface area contributed by atoms with Gasteiger partial charge >= 0.3 is 7.82 Å². The number of nitrogens with two attached hydrogens (primary N) is 1. The maximum absolute atomic E-state index is 11.9. The van der Waals surface area contributed by atoms with Crippen molar-refractivity contribution in [1.82, 2.24) is 0 Å². The second-order valence-electron chi connectivity index (χ2n) is 8.29. The van der Waals surface area contributed by atoms with Crippen LogP contribution in [0.25, 0.3) is 0 Å². The Morgan fingerprint density at radius 2 is 1.32 bits per heavy atom. The summed E-state index contributed by atoms with van der Waals surface area (Å²) in [4.78, 5) is 9.77. The van der Waals surface area contributed by atoms with Crippen LogP contribution in [0.1, 0.15) is 111 Å². The molecule has 0 saturated heterocycles. The maximum atomic E-state index is 11.9. The van der Waals surface area contributed by atoms with Gasteiger partial charge in [0.1, 0.15) is 0 Å². The second-order valence-corrected chi connectivity index (χ2v) is 9.74. The summed E-state index contributed by atoms with van der Waals surface area (Å²) in [5.41, 5.74) is 5.63. The molecule has 0 radical (unpaired) electrons. The fourth-order valence-electron chi connectivity index (χ4n) is 3.37. The van der Waals surface area contributed by atoms with Crippen LogP contribution in [0.4, 0.5) is 0 Å². The predicted octanol–water partition coefficient (Wildman–Crippen LogP) is 6.83. The molecule has 2 unspecified atom stereocenters. The van der Waals surface area contributed by atoms with Crippen LogP contribution in [0, 0.1) is 11.8 Å². The first-order chi connectivity index (χ1) is 13.4. The summed E-state index contributed by atoms with van der Waals surface area (Å²) in [6, 6.07) is 0.536. The Balaban J connectivity index is 0.000000861. The highest BCUT2D eigenvalue weighted by molar-refractivity contribution is 7.47. The largest absolute Gasteiger partial charge is 0.472 e. The van der Waals surface area contributed by atoms with Gasteiger partial charge in [-0.15, -0.1) is 0 Å². The smallest absolute Gasteiger partial charge is 0.328 e. The molecule has 0 aliphatic heterocycles. The molecular formula is C22H48NO4P. The van der Waals surface area contributed by atoms with Gasteiger partial charge in [0.15, 0.2) is 0 Å². The van der Waals surface area contributed by atoms with Gasteiger partial charge in [-0.05, 0) is 37.5 Å². The van der Waals surface area contributed by atoms with E-state index < -0.39 is 7.82 Å². The monoisotopic (exact) mass is 421 g/mol. The summed E-state index contributed by atoms with van der Waals surface area (Å²) in [6.07, 6.45) is 15.2. The molecular weight excluding hydrogens is 373 g/mol. The third kappa shape index (κ3) is 15.9. The molecule has 1 aliphatic carbocycles. The zero-order valence-corrected chi connectivity index (χ0v) is 19.9. The summed E-state index contributed by atoms with van der Waals surface area (Å²) in [5, 5.41) is 0.